The van der Waals surface area contributed by atoms with Crippen molar-refractivity contribution >= 4 is 28.4 Å². The molecular formula is C27H34FN3O7. The van der Waals surface area contributed by atoms with E-state index >= 15 is 0 Å². The van der Waals surface area contributed by atoms with Gasteiger partial charge in [-0.25, -0.2) is 9.18 Å². The van der Waals surface area contributed by atoms with Crippen LogP contribution in [0.5, 0.6) is 11.5 Å². The first-order chi connectivity index (χ1) is 17.8. The minimum atomic E-state index is -0.657. The molecule has 38 heavy (non-hydrogen) atoms. The van der Waals surface area contributed by atoms with Gasteiger partial charge in [-0.1, -0.05) is 26.0 Å². The highest BCUT2D eigenvalue weighted by atomic mass is 19.1. The quantitative estimate of drug-likeness (QED) is 0.473. The summed E-state index contributed by atoms with van der Waals surface area (Å²) in [6, 6.07) is 9.42. The Morgan fingerprint density at radius 1 is 1.08 bits per heavy atom. The number of pyridine rings is 1. The van der Waals surface area contributed by atoms with Crippen molar-refractivity contribution in [2.24, 2.45) is 5.92 Å². The number of carbonyl (C=O) groups is 1. The number of aromatic nitrogens is 1. The molecule has 0 radical (unpaired) electrons. The monoisotopic (exact) mass is 531 g/mol. The fraction of sp³-hybridized carbons (Fsp3) is 0.407. The third-order valence-corrected chi connectivity index (χ3v) is 6.10. The maximum atomic E-state index is 14.1. The molecule has 1 fully saturated rings. The van der Waals surface area contributed by atoms with Gasteiger partial charge in [-0.15, -0.1) is 0 Å². The first-order valence-corrected chi connectivity index (χ1v) is 12.2. The van der Waals surface area contributed by atoms with Gasteiger partial charge < -0.3 is 33.9 Å². The second-order valence-corrected chi connectivity index (χ2v) is 9.18. The van der Waals surface area contributed by atoms with Crippen LogP contribution in [0.2, 0.25) is 0 Å². The summed E-state index contributed by atoms with van der Waals surface area (Å²) in [7, 11) is 3.03. The predicted molar refractivity (Wildman–Crippen MR) is 143 cm³/mol. The van der Waals surface area contributed by atoms with E-state index in [0.29, 0.717) is 60.1 Å². The lowest BCUT2D eigenvalue weighted by atomic mass is 10.1. The van der Waals surface area contributed by atoms with Crippen molar-refractivity contribution in [3.05, 3.63) is 58.1 Å². The van der Waals surface area contributed by atoms with Gasteiger partial charge in [0.2, 0.25) is 0 Å². The number of rotatable bonds is 8. The zero-order valence-corrected chi connectivity index (χ0v) is 22.0. The minimum Gasteiger partial charge on any atom is -0.493 e. The molecule has 0 aliphatic carbocycles. The third kappa shape index (κ3) is 6.17. The summed E-state index contributed by atoms with van der Waals surface area (Å²) in [5, 5.41) is 3.40. The highest BCUT2D eigenvalue weighted by molar-refractivity contribution is 6.05. The number of amides is 1. The maximum absolute atomic E-state index is 14.1. The van der Waals surface area contributed by atoms with E-state index in [1.807, 2.05) is 18.7 Å². The molecule has 3 N–H and O–H groups in total. The molecule has 1 aliphatic heterocycles. The zero-order valence-electron chi connectivity index (χ0n) is 22.0. The van der Waals surface area contributed by atoms with E-state index in [4.69, 9.17) is 18.9 Å². The zero-order chi connectivity index (χ0) is 26.5. The van der Waals surface area contributed by atoms with E-state index in [1.54, 1.807) is 28.8 Å². The Morgan fingerprint density at radius 2 is 1.71 bits per heavy atom. The summed E-state index contributed by atoms with van der Waals surface area (Å²) in [6.45, 7) is 6.12. The van der Waals surface area contributed by atoms with E-state index in [9.17, 15) is 14.0 Å². The van der Waals surface area contributed by atoms with E-state index in [1.165, 1.54) is 26.4 Å². The fourth-order valence-corrected chi connectivity index (χ4v) is 4.28. The number of nitrogens with one attached hydrogen (secondary N) is 1. The second-order valence-electron chi connectivity index (χ2n) is 9.18. The largest absolute Gasteiger partial charge is 0.493 e. The summed E-state index contributed by atoms with van der Waals surface area (Å²) < 4.78 is 37.1. The van der Waals surface area contributed by atoms with Crippen LogP contribution in [0.3, 0.4) is 0 Å². The topological polar surface area (TPSA) is 123 Å². The SMILES string of the molecule is COc1cc2c(NC(=O)OCC(C)C)c(N3CCOCC3)c(=O)n(Cc3ccc(F)cc3)c2cc1OC.O. The van der Waals surface area contributed by atoms with Gasteiger partial charge in [0.15, 0.2) is 11.5 Å². The minimum absolute atomic E-state index is 0. The molecule has 2 heterocycles. The van der Waals surface area contributed by atoms with Gasteiger partial charge in [0.1, 0.15) is 11.5 Å². The summed E-state index contributed by atoms with van der Waals surface area (Å²) in [5.41, 5.74) is 1.59. The smallest absolute Gasteiger partial charge is 0.411 e. The van der Waals surface area contributed by atoms with Crippen LogP contribution < -0.4 is 25.2 Å². The molecule has 0 spiro atoms. The number of anilines is 2. The van der Waals surface area contributed by atoms with Gasteiger partial charge in [-0.2, -0.15) is 0 Å². The van der Waals surface area contributed by atoms with Gasteiger partial charge in [-0.05, 0) is 29.7 Å². The van der Waals surface area contributed by atoms with Crippen LogP contribution in [0, 0.1) is 11.7 Å². The maximum Gasteiger partial charge on any atom is 0.411 e. The van der Waals surface area contributed by atoms with E-state index < -0.39 is 6.09 Å². The van der Waals surface area contributed by atoms with E-state index in [0.717, 1.165) is 5.56 Å². The highest BCUT2D eigenvalue weighted by Gasteiger charge is 2.26. The van der Waals surface area contributed by atoms with Crippen LogP contribution >= 0.6 is 0 Å². The predicted octanol–water partition coefficient (Wildman–Crippen LogP) is 3.42. The molecule has 2 aromatic carbocycles. The average Bonchev–Trinajstić information content (AvgIpc) is 2.90. The number of halogens is 1. The highest BCUT2D eigenvalue weighted by Crippen LogP contribution is 2.39. The van der Waals surface area contributed by atoms with Crippen molar-refractivity contribution in [1.29, 1.82) is 0 Å². The molecule has 206 valence electrons. The molecule has 0 unspecified atom stereocenters. The summed E-state index contributed by atoms with van der Waals surface area (Å²) in [4.78, 5) is 28.8. The molecular weight excluding hydrogens is 497 g/mol. The number of benzene rings is 2. The van der Waals surface area contributed by atoms with Crippen molar-refractivity contribution in [1.82, 2.24) is 4.57 Å². The lowest BCUT2D eigenvalue weighted by Gasteiger charge is -2.31. The first-order valence-electron chi connectivity index (χ1n) is 12.2. The normalized spacial score (nSPS) is 13.3. The first kappa shape index (κ1) is 28.7. The van der Waals surface area contributed by atoms with Crippen molar-refractivity contribution in [3.8, 4) is 11.5 Å². The molecule has 1 amide bonds. The molecule has 3 aromatic rings. The van der Waals surface area contributed by atoms with Crippen LogP contribution in [0.15, 0.2) is 41.2 Å². The number of hydrogen-bond donors (Lipinski definition) is 1. The van der Waals surface area contributed by atoms with Gasteiger partial charge in [0.25, 0.3) is 5.56 Å². The number of nitrogens with zero attached hydrogens (tertiary/aromatic N) is 2. The van der Waals surface area contributed by atoms with Crippen molar-refractivity contribution in [2.45, 2.75) is 20.4 Å². The van der Waals surface area contributed by atoms with Crippen molar-refractivity contribution < 1.29 is 33.6 Å². The number of morpholine rings is 1. The van der Waals surface area contributed by atoms with E-state index in [-0.39, 0.29) is 35.9 Å². The third-order valence-electron chi connectivity index (χ3n) is 6.10. The second kappa shape index (κ2) is 12.6. The number of hydrogen-bond acceptors (Lipinski definition) is 7. The molecule has 0 saturated carbocycles. The Labute approximate surface area is 220 Å². The van der Waals surface area contributed by atoms with Gasteiger partial charge in [0.05, 0.1) is 51.8 Å². The van der Waals surface area contributed by atoms with Gasteiger partial charge in [-0.3, -0.25) is 10.1 Å². The number of ether oxygens (including phenoxy) is 4. The van der Waals surface area contributed by atoms with Crippen LogP contribution in [0.25, 0.3) is 10.9 Å². The molecule has 1 aromatic heterocycles. The number of fused-ring (bicyclic) bond motifs is 1. The number of carbonyl (C=O) groups excluding carboxylic acids is 1. The Bertz CT molecular complexity index is 1320. The lowest BCUT2D eigenvalue weighted by molar-refractivity contribution is 0.122. The molecule has 11 heteroatoms. The molecule has 4 rings (SSSR count). The number of methoxy groups -OCH3 is 2. The summed E-state index contributed by atoms with van der Waals surface area (Å²) in [5.74, 6) is 0.651. The van der Waals surface area contributed by atoms with Gasteiger partial charge >= 0.3 is 6.09 Å². The van der Waals surface area contributed by atoms with Crippen molar-refractivity contribution in [3.63, 3.8) is 0 Å². The molecule has 1 saturated heterocycles. The van der Waals surface area contributed by atoms with Crippen LogP contribution in [-0.4, -0.2) is 63.3 Å². The Balaban J connectivity index is 0.00000400. The summed E-state index contributed by atoms with van der Waals surface area (Å²) >= 11 is 0. The molecule has 1 aliphatic rings. The van der Waals surface area contributed by atoms with Crippen LogP contribution in [0.1, 0.15) is 19.4 Å². The summed E-state index contributed by atoms with van der Waals surface area (Å²) in [6.07, 6.45) is -0.657. The van der Waals surface area contributed by atoms with Crippen LogP contribution in [-0.2, 0) is 16.0 Å². The molecule has 0 bridgehead atoms. The molecule has 0 atom stereocenters. The Kier molecular flexibility index (Phi) is 9.54. The fourth-order valence-electron chi connectivity index (χ4n) is 4.28. The Hall–Kier alpha value is -3.83. The lowest BCUT2D eigenvalue weighted by Crippen LogP contribution is -2.41. The average molecular weight is 532 g/mol. The van der Waals surface area contributed by atoms with E-state index in [2.05, 4.69) is 5.32 Å². The van der Waals surface area contributed by atoms with Gasteiger partial charge in [0, 0.05) is 24.5 Å². The Morgan fingerprint density at radius 3 is 2.32 bits per heavy atom. The standard InChI is InChI=1S/C27H32FN3O6.H2O/c1-17(2)16-37-27(33)29-24-20-13-22(34-3)23(35-4)14-21(20)31(15-18-5-7-19(28)8-6-18)26(32)25(24)30-9-11-36-12-10-30;/h5-8,13-14,17H,9-12,15-16H2,1-4H3,(H,29,33);1H2. The van der Waals surface area contributed by atoms with Crippen molar-refractivity contribution in [2.75, 3.05) is 57.3 Å². The van der Waals surface area contributed by atoms with Crippen LogP contribution in [0.4, 0.5) is 20.6 Å². The molecule has 10 nitrogen and oxygen atoms in total.